The highest BCUT2D eigenvalue weighted by Gasteiger charge is 2.27. The fourth-order valence-corrected chi connectivity index (χ4v) is 3.19. The summed E-state index contributed by atoms with van der Waals surface area (Å²) in [5.74, 6) is 0.320. The van der Waals surface area contributed by atoms with Crippen molar-refractivity contribution in [3.05, 3.63) is 29.3 Å². The monoisotopic (exact) mass is 316 g/mol. The minimum Gasteiger partial charge on any atom is -0.343 e. The van der Waals surface area contributed by atoms with Crippen LogP contribution in [0.4, 0.5) is 5.69 Å². The Morgan fingerprint density at radius 2 is 1.91 bits per heavy atom. The van der Waals surface area contributed by atoms with Crippen molar-refractivity contribution in [2.24, 2.45) is 5.92 Å². The first-order chi connectivity index (χ1) is 11.1. The molecule has 1 fully saturated rings. The SMILES string of the molecule is CCCC(=O)N1CCC(C(=O)Nc2c(C)cccc2CC)CC1. The molecule has 1 saturated heterocycles. The molecule has 1 aromatic rings. The highest BCUT2D eigenvalue weighted by molar-refractivity contribution is 5.94. The quantitative estimate of drug-likeness (QED) is 0.903. The van der Waals surface area contributed by atoms with Crippen molar-refractivity contribution in [1.29, 1.82) is 0 Å². The van der Waals surface area contributed by atoms with E-state index < -0.39 is 0 Å². The van der Waals surface area contributed by atoms with Crippen LogP contribution >= 0.6 is 0 Å². The third kappa shape index (κ3) is 4.34. The van der Waals surface area contributed by atoms with Crippen LogP contribution in [0.2, 0.25) is 0 Å². The molecule has 0 bridgehead atoms. The first-order valence-corrected chi connectivity index (χ1v) is 8.73. The molecule has 0 spiro atoms. The van der Waals surface area contributed by atoms with Crippen LogP contribution in [0.15, 0.2) is 18.2 Å². The van der Waals surface area contributed by atoms with Crippen LogP contribution in [0.3, 0.4) is 0 Å². The van der Waals surface area contributed by atoms with E-state index >= 15 is 0 Å². The first kappa shape index (κ1) is 17.5. The topological polar surface area (TPSA) is 49.4 Å². The molecule has 23 heavy (non-hydrogen) atoms. The van der Waals surface area contributed by atoms with Gasteiger partial charge in [0.05, 0.1) is 0 Å². The summed E-state index contributed by atoms with van der Waals surface area (Å²) in [6.07, 6.45) is 3.91. The Balaban J connectivity index is 1.95. The van der Waals surface area contributed by atoms with E-state index in [0.717, 1.165) is 36.9 Å². The molecular formula is C19H28N2O2. The predicted molar refractivity (Wildman–Crippen MR) is 93.4 cm³/mol. The van der Waals surface area contributed by atoms with Gasteiger partial charge in [-0.3, -0.25) is 9.59 Å². The lowest BCUT2D eigenvalue weighted by Crippen LogP contribution is -2.41. The second kappa shape index (κ2) is 8.14. The summed E-state index contributed by atoms with van der Waals surface area (Å²) in [6.45, 7) is 7.55. The number of aryl methyl sites for hydroxylation is 2. The van der Waals surface area contributed by atoms with E-state index in [1.165, 1.54) is 5.56 Å². The van der Waals surface area contributed by atoms with Gasteiger partial charge in [0.25, 0.3) is 0 Å². The number of amides is 2. The van der Waals surface area contributed by atoms with Gasteiger partial charge in [0.1, 0.15) is 0 Å². The fourth-order valence-electron chi connectivity index (χ4n) is 3.19. The average molecular weight is 316 g/mol. The molecule has 0 radical (unpaired) electrons. The lowest BCUT2D eigenvalue weighted by molar-refractivity contribution is -0.134. The van der Waals surface area contributed by atoms with Crippen LogP contribution in [-0.2, 0) is 16.0 Å². The van der Waals surface area contributed by atoms with Crippen LogP contribution in [0.1, 0.15) is 50.7 Å². The predicted octanol–water partition coefficient (Wildman–Crippen LogP) is 3.53. The van der Waals surface area contributed by atoms with Gasteiger partial charge in [0.15, 0.2) is 0 Å². The van der Waals surface area contributed by atoms with Crippen LogP contribution in [0.25, 0.3) is 0 Å². The third-order valence-corrected chi connectivity index (χ3v) is 4.67. The zero-order valence-electron chi connectivity index (χ0n) is 14.5. The number of piperidine rings is 1. The molecule has 126 valence electrons. The van der Waals surface area contributed by atoms with Gasteiger partial charge in [-0.1, -0.05) is 32.0 Å². The molecule has 1 heterocycles. The van der Waals surface area contributed by atoms with E-state index in [-0.39, 0.29) is 17.7 Å². The maximum absolute atomic E-state index is 12.6. The lowest BCUT2D eigenvalue weighted by atomic mass is 9.95. The van der Waals surface area contributed by atoms with Crippen molar-refractivity contribution in [1.82, 2.24) is 4.90 Å². The van der Waals surface area contributed by atoms with Crippen molar-refractivity contribution in [2.45, 2.75) is 52.9 Å². The summed E-state index contributed by atoms with van der Waals surface area (Å²) in [5, 5.41) is 3.13. The molecule has 1 aliphatic heterocycles. The van der Waals surface area contributed by atoms with E-state index in [1.807, 2.05) is 30.9 Å². The Morgan fingerprint density at radius 3 is 2.52 bits per heavy atom. The summed E-state index contributed by atoms with van der Waals surface area (Å²) in [6, 6.07) is 6.12. The van der Waals surface area contributed by atoms with E-state index in [4.69, 9.17) is 0 Å². The Bertz CT molecular complexity index is 560. The number of hydrogen-bond donors (Lipinski definition) is 1. The number of para-hydroxylation sites is 1. The largest absolute Gasteiger partial charge is 0.343 e. The molecular weight excluding hydrogens is 288 g/mol. The fraction of sp³-hybridized carbons (Fsp3) is 0.579. The molecule has 0 saturated carbocycles. The zero-order valence-corrected chi connectivity index (χ0v) is 14.5. The molecule has 2 amide bonds. The number of carbonyl (C=O) groups is 2. The molecule has 1 aromatic carbocycles. The van der Waals surface area contributed by atoms with Gasteiger partial charge in [0, 0.05) is 31.1 Å². The van der Waals surface area contributed by atoms with E-state index in [0.29, 0.717) is 19.5 Å². The number of rotatable bonds is 5. The van der Waals surface area contributed by atoms with Crippen molar-refractivity contribution in [3.8, 4) is 0 Å². The Kier molecular flexibility index (Phi) is 6.20. The van der Waals surface area contributed by atoms with Crippen molar-refractivity contribution >= 4 is 17.5 Å². The number of benzene rings is 1. The molecule has 4 nitrogen and oxygen atoms in total. The molecule has 0 atom stereocenters. The van der Waals surface area contributed by atoms with Gasteiger partial charge in [-0.25, -0.2) is 0 Å². The number of anilines is 1. The number of carbonyl (C=O) groups excluding carboxylic acids is 2. The average Bonchev–Trinajstić information content (AvgIpc) is 2.57. The van der Waals surface area contributed by atoms with Crippen LogP contribution in [0, 0.1) is 12.8 Å². The Hall–Kier alpha value is -1.84. The molecule has 2 rings (SSSR count). The van der Waals surface area contributed by atoms with Crippen molar-refractivity contribution in [3.63, 3.8) is 0 Å². The lowest BCUT2D eigenvalue weighted by Gasteiger charge is -2.31. The molecule has 1 aliphatic rings. The summed E-state index contributed by atoms with van der Waals surface area (Å²) in [4.78, 5) is 26.4. The first-order valence-electron chi connectivity index (χ1n) is 8.73. The van der Waals surface area contributed by atoms with Gasteiger partial charge >= 0.3 is 0 Å². The molecule has 0 aliphatic carbocycles. The second-order valence-corrected chi connectivity index (χ2v) is 6.36. The van der Waals surface area contributed by atoms with Gasteiger partial charge in [-0.2, -0.15) is 0 Å². The number of nitrogens with zero attached hydrogens (tertiary/aromatic N) is 1. The summed E-state index contributed by atoms with van der Waals surface area (Å²) in [7, 11) is 0. The van der Waals surface area contributed by atoms with E-state index in [2.05, 4.69) is 18.3 Å². The highest BCUT2D eigenvalue weighted by atomic mass is 16.2. The van der Waals surface area contributed by atoms with Crippen molar-refractivity contribution in [2.75, 3.05) is 18.4 Å². The number of nitrogens with one attached hydrogen (secondary N) is 1. The molecule has 0 unspecified atom stereocenters. The second-order valence-electron chi connectivity index (χ2n) is 6.36. The summed E-state index contributed by atoms with van der Waals surface area (Å²) >= 11 is 0. The molecule has 4 heteroatoms. The standard InChI is InChI=1S/C19H28N2O2/c1-4-7-17(22)21-12-10-16(11-13-21)19(23)20-18-14(3)8-6-9-15(18)5-2/h6,8-9,16H,4-5,7,10-13H2,1-3H3,(H,20,23). The Morgan fingerprint density at radius 1 is 1.22 bits per heavy atom. The van der Waals surface area contributed by atoms with Crippen LogP contribution in [0.5, 0.6) is 0 Å². The maximum atomic E-state index is 12.6. The summed E-state index contributed by atoms with van der Waals surface area (Å²) < 4.78 is 0. The van der Waals surface area contributed by atoms with Gasteiger partial charge in [-0.05, 0) is 43.7 Å². The van der Waals surface area contributed by atoms with Crippen LogP contribution < -0.4 is 5.32 Å². The van der Waals surface area contributed by atoms with Gasteiger partial charge in [0.2, 0.25) is 11.8 Å². The highest BCUT2D eigenvalue weighted by Crippen LogP contribution is 2.24. The Labute approximate surface area is 139 Å². The minimum absolute atomic E-state index is 0.00462. The third-order valence-electron chi connectivity index (χ3n) is 4.67. The number of hydrogen-bond acceptors (Lipinski definition) is 2. The van der Waals surface area contributed by atoms with Crippen molar-refractivity contribution < 1.29 is 9.59 Å². The normalized spacial score (nSPS) is 15.5. The molecule has 0 aromatic heterocycles. The van der Waals surface area contributed by atoms with Crippen LogP contribution in [-0.4, -0.2) is 29.8 Å². The smallest absolute Gasteiger partial charge is 0.227 e. The van der Waals surface area contributed by atoms with E-state index in [9.17, 15) is 9.59 Å². The maximum Gasteiger partial charge on any atom is 0.227 e. The van der Waals surface area contributed by atoms with Gasteiger partial charge < -0.3 is 10.2 Å². The number of likely N-dealkylation sites (tertiary alicyclic amines) is 1. The zero-order chi connectivity index (χ0) is 16.8. The van der Waals surface area contributed by atoms with E-state index in [1.54, 1.807) is 0 Å². The van der Waals surface area contributed by atoms with Gasteiger partial charge in [-0.15, -0.1) is 0 Å². The summed E-state index contributed by atoms with van der Waals surface area (Å²) in [5.41, 5.74) is 3.24. The molecule has 1 N–H and O–H groups in total. The minimum atomic E-state index is 0.00462.